The van der Waals surface area contributed by atoms with Crippen molar-refractivity contribution in [2.45, 2.75) is 116 Å². The Morgan fingerprint density at radius 3 is 1.35 bits per heavy atom. The van der Waals surface area contributed by atoms with Gasteiger partial charge in [0.05, 0.1) is 6.42 Å². The van der Waals surface area contributed by atoms with E-state index in [1.807, 2.05) is 0 Å². The Morgan fingerprint density at radius 2 is 0.957 bits per heavy atom. The molecule has 136 valence electrons. The molecule has 0 fully saturated rings. The number of carboxylic acids is 1. The minimum Gasteiger partial charge on any atom is -0.481 e. The van der Waals surface area contributed by atoms with Crippen LogP contribution in [0.2, 0.25) is 0 Å². The van der Waals surface area contributed by atoms with Gasteiger partial charge in [0.1, 0.15) is 5.78 Å². The van der Waals surface area contributed by atoms with Gasteiger partial charge in [-0.05, 0) is 6.42 Å². The number of hydrogen-bond donors (Lipinski definition) is 1. The largest absolute Gasteiger partial charge is 0.481 e. The van der Waals surface area contributed by atoms with Crippen LogP contribution in [0.25, 0.3) is 0 Å². The Hall–Kier alpha value is -0.860. The molecule has 0 aliphatic rings. The summed E-state index contributed by atoms with van der Waals surface area (Å²) < 4.78 is 0. The third kappa shape index (κ3) is 19.1. The predicted molar refractivity (Wildman–Crippen MR) is 96.8 cm³/mol. The zero-order valence-electron chi connectivity index (χ0n) is 15.3. The molecule has 3 nitrogen and oxygen atoms in total. The molecule has 0 spiro atoms. The quantitative estimate of drug-likeness (QED) is 0.301. The first-order valence-electron chi connectivity index (χ1n) is 9.90. The summed E-state index contributed by atoms with van der Waals surface area (Å²) in [4.78, 5) is 21.8. The Balaban J connectivity index is 3.10. The zero-order valence-corrected chi connectivity index (χ0v) is 15.3. The standard InChI is InChI=1S/C20H38O3/c1-2-3-4-5-6-7-8-9-10-11-12-13-14-15-16-19(21)17-18-20(22)23/h2-18H2,1H3,(H,22,23). The van der Waals surface area contributed by atoms with Crippen LogP contribution in [0.1, 0.15) is 116 Å². The number of Topliss-reactive ketones (excluding diaryl/α,β-unsaturated/α-hetero) is 1. The smallest absolute Gasteiger partial charge is 0.303 e. The van der Waals surface area contributed by atoms with Crippen molar-refractivity contribution in [2.75, 3.05) is 0 Å². The normalized spacial score (nSPS) is 10.8. The lowest BCUT2D eigenvalue weighted by Crippen LogP contribution is -2.02. The highest BCUT2D eigenvalue weighted by Crippen LogP contribution is 2.13. The molecule has 0 heterocycles. The fraction of sp³-hybridized carbons (Fsp3) is 0.900. The van der Waals surface area contributed by atoms with Crippen LogP contribution in [0.15, 0.2) is 0 Å². The molecule has 0 aliphatic carbocycles. The number of unbranched alkanes of at least 4 members (excludes halogenated alkanes) is 13. The summed E-state index contributed by atoms with van der Waals surface area (Å²) in [5.74, 6) is -0.773. The van der Waals surface area contributed by atoms with Crippen molar-refractivity contribution in [3.8, 4) is 0 Å². The van der Waals surface area contributed by atoms with Crippen molar-refractivity contribution in [2.24, 2.45) is 0 Å². The maximum absolute atomic E-state index is 11.4. The van der Waals surface area contributed by atoms with Gasteiger partial charge in [0, 0.05) is 12.8 Å². The van der Waals surface area contributed by atoms with Gasteiger partial charge in [-0.2, -0.15) is 0 Å². The van der Waals surface area contributed by atoms with Crippen LogP contribution in [0.5, 0.6) is 0 Å². The monoisotopic (exact) mass is 326 g/mol. The van der Waals surface area contributed by atoms with E-state index in [1.165, 1.54) is 77.0 Å². The van der Waals surface area contributed by atoms with Gasteiger partial charge in [-0.1, -0.05) is 90.4 Å². The molecule has 1 N–H and O–H groups in total. The zero-order chi connectivity index (χ0) is 17.2. The molecule has 0 aromatic carbocycles. The van der Waals surface area contributed by atoms with E-state index in [2.05, 4.69) is 6.92 Å². The van der Waals surface area contributed by atoms with Crippen LogP contribution in [0.4, 0.5) is 0 Å². The third-order valence-electron chi connectivity index (χ3n) is 4.43. The van der Waals surface area contributed by atoms with Crippen molar-refractivity contribution < 1.29 is 14.7 Å². The minimum absolute atomic E-state index is 0.0164. The minimum atomic E-state index is -0.876. The number of rotatable bonds is 18. The molecule has 23 heavy (non-hydrogen) atoms. The number of carbonyl (C=O) groups excluding carboxylic acids is 1. The van der Waals surface area contributed by atoms with Crippen molar-refractivity contribution in [1.29, 1.82) is 0 Å². The summed E-state index contributed by atoms with van der Waals surface area (Å²) in [5.41, 5.74) is 0. The summed E-state index contributed by atoms with van der Waals surface area (Å²) in [6.07, 6.45) is 19.1. The molecule has 0 rings (SSSR count). The highest BCUT2D eigenvalue weighted by atomic mass is 16.4. The Kier molecular flexibility index (Phi) is 16.8. The summed E-state index contributed by atoms with van der Waals surface area (Å²) >= 11 is 0. The Bertz CT molecular complexity index is 287. The highest BCUT2D eigenvalue weighted by Gasteiger charge is 2.04. The first kappa shape index (κ1) is 22.1. The molecule has 0 aromatic heterocycles. The van der Waals surface area contributed by atoms with E-state index in [9.17, 15) is 9.59 Å². The number of aliphatic carboxylic acids is 1. The van der Waals surface area contributed by atoms with Crippen molar-refractivity contribution in [1.82, 2.24) is 0 Å². The van der Waals surface area contributed by atoms with Gasteiger partial charge in [0.2, 0.25) is 0 Å². The Labute approximate surface area is 143 Å². The lowest BCUT2D eigenvalue weighted by atomic mass is 10.0. The molecule has 0 aromatic rings. The van der Waals surface area contributed by atoms with Crippen LogP contribution in [-0.2, 0) is 9.59 Å². The molecule has 0 bridgehead atoms. The fourth-order valence-corrected chi connectivity index (χ4v) is 2.89. The van der Waals surface area contributed by atoms with E-state index in [1.54, 1.807) is 0 Å². The van der Waals surface area contributed by atoms with Gasteiger partial charge in [0.15, 0.2) is 0 Å². The van der Waals surface area contributed by atoms with Crippen LogP contribution in [0.3, 0.4) is 0 Å². The van der Waals surface area contributed by atoms with E-state index in [0.717, 1.165) is 12.8 Å². The van der Waals surface area contributed by atoms with Gasteiger partial charge < -0.3 is 5.11 Å². The topological polar surface area (TPSA) is 54.4 Å². The maximum atomic E-state index is 11.4. The average Bonchev–Trinajstić information content (AvgIpc) is 2.53. The molecule has 0 saturated carbocycles. The van der Waals surface area contributed by atoms with E-state index < -0.39 is 5.97 Å². The number of hydrogen-bond acceptors (Lipinski definition) is 2. The molecule has 0 atom stereocenters. The van der Waals surface area contributed by atoms with Crippen LogP contribution in [0, 0.1) is 0 Å². The molecule has 0 unspecified atom stereocenters. The number of carboxylic acid groups (broad SMARTS) is 1. The summed E-state index contributed by atoms with van der Waals surface area (Å²) in [6, 6.07) is 0. The molecule has 0 amide bonds. The van der Waals surface area contributed by atoms with E-state index >= 15 is 0 Å². The SMILES string of the molecule is CCCCCCCCCCCCCCCCC(=O)CCC(=O)O. The van der Waals surface area contributed by atoms with Crippen molar-refractivity contribution in [3.05, 3.63) is 0 Å². The Morgan fingerprint density at radius 1 is 0.565 bits per heavy atom. The first-order chi connectivity index (χ1) is 11.2. The van der Waals surface area contributed by atoms with Gasteiger partial charge in [-0.15, -0.1) is 0 Å². The predicted octanol–water partition coefficient (Wildman–Crippen LogP) is 6.29. The van der Waals surface area contributed by atoms with Crippen molar-refractivity contribution in [3.63, 3.8) is 0 Å². The lowest BCUT2D eigenvalue weighted by molar-refractivity contribution is -0.138. The van der Waals surface area contributed by atoms with Crippen LogP contribution in [-0.4, -0.2) is 16.9 Å². The van der Waals surface area contributed by atoms with E-state index in [0.29, 0.717) is 6.42 Å². The summed E-state index contributed by atoms with van der Waals surface area (Å²) in [5, 5.41) is 8.50. The van der Waals surface area contributed by atoms with E-state index in [4.69, 9.17) is 5.11 Å². The summed E-state index contributed by atoms with van der Waals surface area (Å²) in [7, 11) is 0. The van der Waals surface area contributed by atoms with Gasteiger partial charge >= 0.3 is 5.97 Å². The average molecular weight is 327 g/mol. The molecular weight excluding hydrogens is 288 g/mol. The van der Waals surface area contributed by atoms with Crippen LogP contribution < -0.4 is 0 Å². The molecule has 0 aliphatic heterocycles. The number of carbonyl (C=O) groups is 2. The maximum Gasteiger partial charge on any atom is 0.303 e. The second kappa shape index (κ2) is 17.5. The third-order valence-corrected chi connectivity index (χ3v) is 4.43. The second-order valence-electron chi connectivity index (χ2n) is 6.78. The summed E-state index contributed by atoms with van der Waals surface area (Å²) in [6.45, 7) is 2.26. The van der Waals surface area contributed by atoms with Gasteiger partial charge in [0.25, 0.3) is 0 Å². The van der Waals surface area contributed by atoms with Gasteiger partial charge in [-0.3, -0.25) is 9.59 Å². The first-order valence-corrected chi connectivity index (χ1v) is 9.90. The molecule has 3 heteroatoms. The number of ketones is 1. The van der Waals surface area contributed by atoms with Crippen LogP contribution >= 0.6 is 0 Å². The molecular formula is C20H38O3. The molecule has 0 saturated heterocycles. The van der Waals surface area contributed by atoms with Crippen molar-refractivity contribution >= 4 is 11.8 Å². The lowest BCUT2D eigenvalue weighted by Gasteiger charge is -2.03. The second-order valence-corrected chi connectivity index (χ2v) is 6.78. The van der Waals surface area contributed by atoms with Gasteiger partial charge in [-0.25, -0.2) is 0 Å². The highest BCUT2D eigenvalue weighted by molar-refractivity contribution is 5.82. The molecule has 0 radical (unpaired) electrons. The van der Waals surface area contributed by atoms with E-state index in [-0.39, 0.29) is 18.6 Å². The fourth-order valence-electron chi connectivity index (χ4n) is 2.89.